The molecule has 2 aromatic rings. The highest BCUT2D eigenvalue weighted by atomic mass is 32.1. The molecule has 4 heteroatoms. The molecular weight excluding hydrogens is 182 g/mol. The first-order valence-electron chi connectivity index (χ1n) is 4.06. The summed E-state index contributed by atoms with van der Waals surface area (Å²) < 4.78 is 1.16. The zero-order chi connectivity index (χ0) is 9.42. The van der Waals surface area contributed by atoms with Crippen LogP contribution in [-0.4, -0.2) is 4.98 Å². The van der Waals surface area contributed by atoms with Crippen LogP contribution in [-0.2, 0) is 6.54 Å². The second kappa shape index (κ2) is 2.97. The van der Waals surface area contributed by atoms with Crippen molar-refractivity contribution in [3.63, 3.8) is 0 Å². The molecular formula is C9H11N3S. The molecule has 0 spiro atoms. The third-order valence-corrected chi connectivity index (χ3v) is 3.08. The van der Waals surface area contributed by atoms with E-state index < -0.39 is 0 Å². The van der Waals surface area contributed by atoms with Crippen LogP contribution in [0, 0.1) is 6.92 Å². The first-order chi connectivity index (χ1) is 6.20. The van der Waals surface area contributed by atoms with Gasteiger partial charge < -0.3 is 11.5 Å². The Balaban J connectivity index is 2.70. The average Bonchev–Trinajstić information content (AvgIpc) is 2.48. The van der Waals surface area contributed by atoms with Crippen LogP contribution in [0.3, 0.4) is 0 Å². The molecule has 0 radical (unpaired) electrons. The van der Waals surface area contributed by atoms with E-state index in [4.69, 9.17) is 11.5 Å². The molecule has 0 aliphatic rings. The fourth-order valence-corrected chi connectivity index (χ4v) is 2.21. The van der Waals surface area contributed by atoms with E-state index in [-0.39, 0.29) is 0 Å². The van der Waals surface area contributed by atoms with Gasteiger partial charge in [-0.2, -0.15) is 0 Å². The average molecular weight is 193 g/mol. The minimum Gasteiger partial charge on any atom is -0.383 e. The normalized spacial score (nSPS) is 10.9. The van der Waals surface area contributed by atoms with Crippen molar-refractivity contribution in [2.45, 2.75) is 13.5 Å². The summed E-state index contributed by atoms with van der Waals surface area (Å²) in [4.78, 5) is 5.42. The van der Waals surface area contributed by atoms with E-state index in [1.165, 1.54) is 0 Å². The van der Waals surface area contributed by atoms with Gasteiger partial charge in [-0.1, -0.05) is 0 Å². The molecule has 4 N–H and O–H groups in total. The Morgan fingerprint density at radius 3 is 2.92 bits per heavy atom. The van der Waals surface area contributed by atoms with Crippen LogP contribution in [0.25, 0.3) is 10.2 Å². The summed E-state index contributed by atoms with van der Waals surface area (Å²) in [5.74, 6) is 0.605. The molecule has 0 aliphatic heterocycles. The summed E-state index contributed by atoms with van der Waals surface area (Å²) in [5, 5.41) is 0. The number of anilines is 1. The van der Waals surface area contributed by atoms with Crippen molar-refractivity contribution in [1.82, 2.24) is 4.98 Å². The van der Waals surface area contributed by atoms with Crippen LogP contribution < -0.4 is 11.5 Å². The molecule has 0 unspecified atom stereocenters. The zero-order valence-electron chi connectivity index (χ0n) is 7.37. The van der Waals surface area contributed by atoms with Crippen molar-refractivity contribution >= 4 is 27.4 Å². The minimum atomic E-state index is 0.569. The summed E-state index contributed by atoms with van der Waals surface area (Å²) >= 11 is 1.68. The van der Waals surface area contributed by atoms with E-state index in [9.17, 15) is 0 Å². The summed E-state index contributed by atoms with van der Waals surface area (Å²) in [5.41, 5.74) is 13.2. The van der Waals surface area contributed by atoms with Crippen molar-refractivity contribution in [3.8, 4) is 0 Å². The summed E-state index contributed by atoms with van der Waals surface area (Å²) in [6.45, 7) is 2.53. The molecule has 0 saturated heterocycles. The number of aryl methyl sites for hydroxylation is 1. The van der Waals surface area contributed by atoms with Crippen molar-refractivity contribution in [3.05, 3.63) is 22.6 Å². The van der Waals surface area contributed by atoms with Crippen molar-refractivity contribution < 1.29 is 0 Å². The Labute approximate surface area is 80.4 Å². The van der Waals surface area contributed by atoms with Gasteiger partial charge in [0, 0.05) is 11.4 Å². The first kappa shape index (κ1) is 8.47. The van der Waals surface area contributed by atoms with Crippen molar-refractivity contribution in [2.75, 3.05) is 5.73 Å². The van der Waals surface area contributed by atoms with Gasteiger partial charge >= 0.3 is 0 Å². The lowest BCUT2D eigenvalue weighted by Gasteiger charge is -1.96. The second-order valence-corrected chi connectivity index (χ2v) is 4.16. The number of hydrogen-bond donors (Lipinski definition) is 2. The Morgan fingerprint density at radius 2 is 2.23 bits per heavy atom. The molecule has 13 heavy (non-hydrogen) atoms. The maximum Gasteiger partial charge on any atom is 0.127 e. The quantitative estimate of drug-likeness (QED) is 0.723. The number of hydrogen-bond acceptors (Lipinski definition) is 4. The molecule has 0 atom stereocenters. The van der Waals surface area contributed by atoms with E-state index in [0.29, 0.717) is 12.4 Å². The molecule has 0 saturated carbocycles. The number of pyridine rings is 1. The van der Waals surface area contributed by atoms with Gasteiger partial charge in [-0.3, -0.25) is 0 Å². The van der Waals surface area contributed by atoms with Gasteiger partial charge in [0.05, 0.1) is 10.2 Å². The number of nitrogens with zero attached hydrogens (tertiary/aromatic N) is 1. The maximum atomic E-state index is 5.70. The Morgan fingerprint density at radius 1 is 1.46 bits per heavy atom. The van der Waals surface area contributed by atoms with Crippen molar-refractivity contribution in [2.24, 2.45) is 5.73 Å². The van der Waals surface area contributed by atoms with E-state index >= 15 is 0 Å². The van der Waals surface area contributed by atoms with Gasteiger partial charge in [0.2, 0.25) is 0 Å². The summed E-state index contributed by atoms with van der Waals surface area (Å²) in [6, 6.07) is 4.05. The van der Waals surface area contributed by atoms with E-state index in [1.54, 1.807) is 11.3 Å². The smallest absolute Gasteiger partial charge is 0.127 e. The largest absolute Gasteiger partial charge is 0.383 e. The molecule has 2 rings (SSSR count). The van der Waals surface area contributed by atoms with Gasteiger partial charge in [-0.15, -0.1) is 11.3 Å². The Bertz CT molecular complexity index is 408. The SMILES string of the molecule is Cc1cc2sc(CN)cc2nc1N. The highest BCUT2D eigenvalue weighted by Gasteiger charge is 2.04. The van der Waals surface area contributed by atoms with Crippen LogP contribution in [0.1, 0.15) is 10.4 Å². The topological polar surface area (TPSA) is 64.9 Å². The van der Waals surface area contributed by atoms with Crippen molar-refractivity contribution in [1.29, 1.82) is 0 Å². The maximum absolute atomic E-state index is 5.70. The number of rotatable bonds is 1. The molecule has 0 fully saturated rings. The molecule has 0 aliphatic carbocycles. The summed E-state index contributed by atoms with van der Waals surface area (Å²) in [7, 11) is 0. The van der Waals surface area contributed by atoms with Crippen LogP contribution in [0.15, 0.2) is 12.1 Å². The third kappa shape index (κ3) is 1.38. The number of fused-ring (bicyclic) bond motifs is 1. The zero-order valence-corrected chi connectivity index (χ0v) is 8.19. The molecule has 0 aromatic carbocycles. The Kier molecular flexibility index (Phi) is 1.94. The number of nitrogens with two attached hydrogens (primary N) is 2. The lowest BCUT2D eigenvalue weighted by atomic mass is 10.2. The van der Waals surface area contributed by atoms with E-state index in [0.717, 1.165) is 20.7 Å². The highest BCUT2D eigenvalue weighted by Crippen LogP contribution is 2.26. The minimum absolute atomic E-state index is 0.569. The van der Waals surface area contributed by atoms with Crippen LogP contribution in [0.4, 0.5) is 5.82 Å². The number of aromatic nitrogens is 1. The predicted octanol–water partition coefficient (Wildman–Crippen LogP) is 1.65. The van der Waals surface area contributed by atoms with E-state index in [1.807, 2.05) is 13.0 Å². The van der Waals surface area contributed by atoms with E-state index in [2.05, 4.69) is 11.1 Å². The fraction of sp³-hybridized carbons (Fsp3) is 0.222. The Hall–Kier alpha value is -1.13. The molecule has 0 amide bonds. The lowest BCUT2D eigenvalue weighted by Crippen LogP contribution is -1.92. The predicted molar refractivity (Wildman–Crippen MR) is 56.7 cm³/mol. The van der Waals surface area contributed by atoms with Gasteiger partial charge in [-0.25, -0.2) is 4.98 Å². The highest BCUT2D eigenvalue weighted by molar-refractivity contribution is 7.19. The molecule has 2 heterocycles. The fourth-order valence-electron chi connectivity index (χ4n) is 1.23. The lowest BCUT2D eigenvalue weighted by molar-refractivity contribution is 1.11. The van der Waals surface area contributed by atoms with Gasteiger partial charge in [0.1, 0.15) is 5.82 Å². The van der Waals surface area contributed by atoms with Crippen LogP contribution in [0.2, 0.25) is 0 Å². The molecule has 0 bridgehead atoms. The van der Waals surface area contributed by atoms with Gasteiger partial charge in [0.25, 0.3) is 0 Å². The molecule has 2 aromatic heterocycles. The number of thiophene rings is 1. The standard InChI is InChI=1S/C9H11N3S/c1-5-2-8-7(12-9(5)11)3-6(4-10)13-8/h2-3H,4,10H2,1H3,(H2,11,12). The first-order valence-corrected chi connectivity index (χ1v) is 4.88. The summed E-state index contributed by atoms with van der Waals surface area (Å²) in [6.07, 6.45) is 0. The monoisotopic (exact) mass is 193 g/mol. The molecule has 3 nitrogen and oxygen atoms in total. The van der Waals surface area contributed by atoms with Gasteiger partial charge in [0.15, 0.2) is 0 Å². The van der Waals surface area contributed by atoms with Gasteiger partial charge in [-0.05, 0) is 24.6 Å². The van der Waals surface area contributed by atoms with Crippen LogP contribution in [0.5, 0.6) is 0 Å². The molecule has 68 valence electrons. The van der Waals surface area contributed by atoms with Crippen LogP contribution >= 0.6 is 11.3 Å². The third-order valence-electron chi connectivity index (χ3n) is 1.98. The number of nitrogen functional groups attached to an aromatic ring is 1. The second-order valence-electron chi connectivity index (χ2n) is 2.99.